The standard InChI is InChI=1S/C19H17ClN2OS/c1-12-9-14(7-8-16(12)20)15-11-24-18(21)17(15)19(23)22-10-13-5-3-2-4-6-13/h2-9,11H,10,21H2,1H3,(H,22,23). The predicted molar refractivity (Wildman–Crippen MR) is 102 cm³/mol. The molecular formula is C19H17ClN2OS. The van der Waals surface area contributed by atoms with Crippen molar-refractivity contribution in [1.82, 2.24) is 5.32 Å². The number of anilines is 1. The Kier molecular flexibility index (Phi) is 4.88. The molecule has 0 bridgehead atoms. The van der Waals surface area contributed by atoms with Gasteiger partial charge < -0.3 is 11.1 Å². The average Bonchev–Trinajstić information content (AvgIpc) is 2.98. The topological polar surface area (TPSA) is 55.1 Å². The summed E-state index contributed by atoms with van der Waals surface area (Å²) < 4.78 is 0. The lowest BCUT2D eigenvalue weighted by Crippen LogP contribution is -2.23. The summed E-state index contributed by atoms with van der Waals surface area (Å²) in [7, 11) is 0. The highest BCUT2D eigenvalue weighted by molar-refractivity contribution is 7.15. The fourth-order valence-corrected chi connectivity index (χ4v) is 3.44. The van der Waals surface area contributed by atoms with Crippen LogP contribution in [0.4, 0.5) is 5.00 Å². The first-order chi connectivity index (χ1) is 11.6. The zero-order valence-electron chi connectivity index (χ0n) is 13.2. The van der Waals surface area contributed by atoms with E-state index < -0.39 is 0 Å². The van der Waals surface area contributed by atoms with Crippen LogP contribution in [-0.2, 0) is 6.54 Å². The van der Waals surface area contributed by atoms with Crippen molar-refractivity contribution in [3.05, 3.63) is 75.6 Å². The fraction of sp³-hybridized carbons (Fsp3) is 0.105. The summed E-state index contributed by atoms with van der Waals surface area (Å²) in [5.74, 6) is -0.166. The van der Waals surface area contributed by atoms with Gasteiger partial charge in [-0.05, 0) is 35.7 Å². The van der Waals surface area contributed by atoms with Gasteiger partial charge in [0.25, 0.3) is 5.91 Å². The number of carbonyl (C=O) groups is 1. The van der Waals surface area contributed by atoms with Crippen LogP contribution in [0.15, 0.2) is 53.9 Å². The van der Waals surface area contributed by atoms with Crippen LogP contribution in [0, 0.1) is 6.92 Å². The van der Waals surface area contributed by atoms with Gasteiger partial charge in [-0.3, -0.25) is 4.79 Å². The first kappa shape index (κ1) is 16.6. The number of nitrogens with one attached hydrogen (secondary N) is 1. The smallest absolute Gasteiger partial charge is 0.255 e. The number of thiophene rings is 1. The number of benzene rings is 2. The number of carbonyl (C=O) groups excluding carboxylic acids is 1. The molecule has 24 heavy (non-hydrogen) atoms. The van der Waals surface area contributed by atoms with E-state index in [0.717, 1.165) is 22.3 Å². The molecule has 1 heterocycles. The molecule has 1 amide bonds. The Balaban J connectivity index is 1.86. The van der Waals surface area contributed by atoms with Crippen LogP contribution in [-0.4, -0.2) is 5.91 Å². The molecule has 2 aromatic carbocycles. The van der Waals surface area contributed by atoms with Gasteiger partial charge in [0.05, 0.1) is 10.6 Å². The van der Waals surface area contributed by atoms with Crippen LogP contribution in [0.5, 0.6) is 0 Å². The summed E-state index contributed by atoms with van der Waals surface area (Å²) >= 11 is 7.46. The minimum atomic E-state index is -0.166. The van der Waals surface area contributed by atoms with E-state index in [1.165, 1.54) is 11.3 Å². The molecular weight excluding hydrogens is 340 g/mol. The number of nitrogens with two attached hydrogens (primary N) is 1. The number of hydrogen-bond acceptors (Lipinski definition) is 3. The second-order valence-corrected chi connectivity index (χ2v) is 6.84. The van der Waals surface area contributed by atoms with Gasteiger partial charge >= 0.3 is 0 Å². The van der Waals surface area contributed by atoms with Crippen LogP contribution < -0.4 is 11.1 Å². The molecule has 3 rings (SSSR count). The van der Waals surface area contributed by atoms with Crippen molar-refractivity contribution in [1.29, 1.82) is 0 Å². The Labute approximate surface area is 150 Å². The van der Waals surface area contributed by atoms with Gasteiger partial charge in [-0.25, -0.2) is 0 Å². The van der Waals surface area contributed by atoms with E-state index >= 15 is 0 Å². The molecule has 0 fully saturated rings. The lowest BCUT2D eigenvalue weighted by atomic mass is 10.0. The van der Waals surface area contributed by atoms with E-state index in [2.05, 4.69) is 5.32 Å². The Hall–Kier alpha value is -2.30. The molecule has 0 spiro atoms. The lowest BCUT2D eigenvalue weighted by molar-refractivity contribution is 0.0953. The lowest BCUT2D eigenvalue weighted by Gasteiger charge is -2.09. The molecule has 0 saturated heterocycles. The highest BCUT2D eigenvalue weighted by Crippen LogP contribution is 2.35. The zero-order chi connectivity index (χ0) is 17.1. The third-order valence-electron chi connectivity index (χ3n) is 3.81. The number of rotatable bonds is 4. The van der Waals surface area contributed by atoms with Gasteiger partial charge in [-0.2, -0.15) is 0 Å². The van der Waals surface area contributed by atoms with Crippen molar-refractivity contribution >= 4 is 33.8 Å². The highest BCUT2D eigenvalue weighted by atomic mass is 35.5. The van der Waals surface area contributed by atoms with Crippen molar-refractivity contribution < 1.29 is 4.79 Å². The predicted octanol–water partition coefficient (Wildman–Crippen LogP) is 4.89. The van der Waals surface area contributed by atoms with E-state index in [0.29, 0.717) is 22.1 Å². The average molecular weight is 357 g/mol. The molecule has 0 radical (unpaired) electrons. The van der Waals surface area contributed by atoms with E-state index in [1.807, 2.05) is 60.8 Å². The van der Waals surface area contributed by atoms with Crippen molar-refractivity contribution in [3.63, 3.8) is 0 Å². The number of hydrogen-bond donors (Lipinski definition) is 2. The van der Waals surface area contributed by atoms with Gasteiger partial charge in [0.15, 0.2) is 0 Å². The van der Waals surface area contributed by atoms with Crippen molar-refractivity contribution in [2.45, 2.75) is 13.5 Å². The minimum Gasteiger partial charge on any atom is -0.390 e. The van der Waals surface area contributed by atoms with Crippen molar-refractivity contribution in [2.24, 2.45) is 0 Å². The maximum absolute atomic E-state index is 12.6. The molecule has 122 valence electrons. The first-order valence-electron chi connectivity index (χ1n) is 7.52. The first-order valence-corrected chi connectivity index (χ1v) is 8.77. The molecule has 0 saturated carbocycles. The normalized spacial score (nSPS) is 10.6. The SMILES string of the molecule is Cc1cc(-c2csc(N)c2C(=O)NCc2ccccc2)ccc1Cl. The second-order valence-electron chi connectivity index (χ2n) is 5.52. The minimum absolute atomic E-state index is 0.166. The van der Waals surface area contributed by atoms with E-state index in [4.69, 9.17) is 17.3 Å². The summed E-state index contributed by atoms with van der Waals surface area (Å²) in [4.78, 5) is 12.6. The van der Waals surface area contributed by atoms with Gasteiger partial charge in [0.2, 0.25) is 0 Å². The molecule has 3 nitrogen and oxygen atoms in total. The van der Waals surface area contributed by atoms with Crippen molar-refractivity contribution in [3.8, 4) is 11.1 Å². The number of halogens is 1. The Morgan fingerprint density at radius 2 is 1.96 bits per heavy atom. The van der Waals surface area contributed by atoms with Gasteiger partial charge in [0, 0.05) is 22.5 Å². The van der Waals surface area contributed by atoms with E-state index in [1.54, 1.807) is 0 Å². The Bertz CT molecular complexity index is 874. The molecule has 0 atom stereocenters. The summed E-state index contributed by atoms with van der Waals surface area (Å²) in [6.45, 7) is 2.41. The zero-order valence-corrected chi connectivity index (χ0v) is 14.7. The molecule has 5 heteroatoms. The number of aryl methyl sites for hydroxylation is 1. The van der Waals surface area contributed by atoms with Gasteiger partial charge in [-0.1, -0.05) is 48.0 Å². The third-order valence-corrected chi connectivity index (χ3v) is 5.05. The molecule has 1 aromatic heterocycles. The summed E-state index contributed by atoms with van der Waals surface area (Å²) in [5.41, 5.74) is 10.4. The van der Waals surface area contributed by atoms with Crippen LogP contribution in [0.2, 0.25) is 5.02 Å². The molecule has 3 aromatic rings. The van der Waals surface area contributed by atoms with E-state index in [9.17, 15) is 4.79 Å². The van der Waals surface area contributed by atoms with E-state index in [-0.39, 0.29) is 5.91 Å². The van der Waals surface area contributed by atoms with Crippen LogP contribution in [0.1, 0.15) is 21.5 Å². The molecule has 3 N–H and O–H groups in total. The summed E-state index contributed by atoms with van der Waals surface area (Å²) in [6.07, 6.45) is 0. The Morgan fingerprint density at radius 3 is 2.67 bits per heavy atom. The number of amides is 1. The summed E-state index contributed by atoms with van der Waals surface area (Å²) in [5, 5.41) is 6.07. The second kappa shape index (κ2) is 7.07. The van der Waals surface area contributed by atoms with Crippen molar-refractivity contribution in [2.75, 3.05) is 5.73 Å². The molecule has 0 unspecified atom stereocenters. The molecule has 0 aliphatic heterocycles. The van der Waals surface area contributed by atoms with Crippen LogP contribution >= 0.6 is 22.9 Å². The number of nitrogen functional groups attached to an aromatic ring is 1. The monoisotopic (exact) mass is 356 g/mol. The fourth-order valence-electron chi connectivity index (χ4n) is 2.50. The largest absolute Gasteiger partial charge is 0.390 e. The summed E-state index contributed by atoms with van der Waals surface area (Å²) in [6, 6.07) is 15.5. The van der Waals surface area contributed by atoms with Crippen LogP contribution in [0.3, 0.4) is 0 Å². The third kappa shape index (κ3) is 3.45. The maximum Gasteiger partial charge on any atom is 0.255 e. The molecule has 0 aliphatic rings. The highest BCUT2D eigenvalue weighted by Gasteiger charge is 2.18. The van der Waals surface area contributed by atoms with Crippen LogP contribution in [0.25, 0.3) is 11.1 Å². The maximum atomic E-state index is 12.6. The Morgan fingerprint density at radius 1 is 1.21 bits per heavy atom. The molecule has 0 aliphatic carbocycles. The quantitative estimate of drug-likeness (QED) is 0.699. The van der Waals surface area contributed by atoms with Gasteiger partial charge in [-0.15, -0.1) is 11.3 Å². The van der Waals surface area contributed by atoms with Gasteiger partial charge in [0.1, 0.15) is 0 Å².